The van der Waals surface area contributed by atoms with Crippen LogP contribution in [0.25, 0.3) is 0 Å². The Kier molecular flexibility index (Phi) is 3.73. The van der Waals surface area contributed by atoms with Gasteiger partial charge in [-0.1, -0.05) is 17.7 Å². The summed E-state index contributed by atoms with van der Waals surface area (Å²) in [5.74, 6) is -1.10. The van der Waals surface area contributed by atoms with Crippen LogP contribution < -0.4 is 16.8 Å². The lowest BCUT2D eigenvalue weighted by Crippen LogP contribution is -2.42. The molecule has 0 spiro atoms. The van der Waals surface area contributed by atoms with E-state index >= 15 is 0 Å². The standard InChI is InChI=1S/C10H12ClN3O2/c1-5(9(13)15)14-10(16)6-3-2-4-7(12)8(6)11/h2-5H,12H2,1H3,(H2,13,15)(H,14,16). The molecule has 5 N–H and O–H groups in total. The van der Waals surface area contributed by atoms with E-state index in [-0.39, 0.29) is 10.6 Å². The second kappa shape index (κ2) is 4.85. The zero-order valence-corrected chi connectivity index (χ0v) is 9.41. The summed E-state index contributed by atoms with van der Waals surface area (Å²) < 4.78 is 0. The molecule has 0 saturated heterocycles. The fourth-order valence-electron chi connectivity index (χ4n) is 1.07. The highest BCUT2D eigenvalue weighted by atomic mass is 35.5. The summed E-state index contributed by atoms with van der Waals surface area (Å²) in [4.78, 5) is 22.4. The van der Waals surface area contributed by atoms with Gasteiger partial charge in [0, 0.05) is 0 Å². The zero-order valence-electron chi connectivity index (χ0n) is 8.66. The fraction of sp³-hybridized carbons (Fsp3) is 0.200. The molecule has 0 aromatic heterocycles. The molecule has 0 radical (unpaired) electrons. The third kappa shape index (κ3) is 2.64. The molecule has 1 atom stereocenters. The normalized spacial score (nSPS) is 11.9. The van der Waals surface area contributed by atoms with Crippen LogP contribution in [0, 0.1) is 0 Å². The van der Waals surface area contributed by atoms with Crippen molar-refractivity contribution in [3.63, 3.8) is 0 Å². The smallest absolute Gasteiger partial charge is 0.253 e. The number of rotatable bonds is 3. The van der Waals surface area contributed by atoms with Crippen molar-refractivity contribution in [3.05, 3.63) is 28.8 Å². The molecule has 2 amide bonds. The second-order valence-electron chi connectivity index (χ2n) is 3.31. The molecule has 6 heteroatoms. The van der Waals surface area contributed by atoms with E-state index in [1.165, 1.54) is 13.0 Å². The van der Waals surface area contributed by atoms with E-state index in [9.17, 15) is 9.59 Å². The lowest BCUT2D eigenvalue weighted by atomic mass is 10.1. The fourth-order valence-corrected chi connectivity index (χ4v) is 1.28. The van der Waals surface area contributed by atoms with E-state index < -0.39 is 17.9 Å². The Hall–Kier alpha value is -1.75. The minimum Gasteiger partial charge on any atom is -0.398 e. The first-order chi connectivity index (χ1) is 7.43. The molecule has 0 aliphatic rings. The van der Waals surface area contributed by atoms with Gasteiger partial charge >= 0.3 is 0 Å². The van der Waals surface area contributed by atoms with Crippen molar-refractivity contribution >= 4 is 29.1 Å². The maximum absolute atomic E-state index is 11.7. The van der Waals surface area contributed by atoms with Crippen LogP contribution >= 0.6 is 11.6 Å². The number of nitrogens with two attached hydrogens (primary N) is 2. The number of benzene rings is 1. The van der Waals surface area contributed by atoms with Crippen molar-refractivity contribution in [2.75, 3.05) is 5.73 Å². The van der Waals surface area contributed by atoms with Gasteiger partial charge in [-0.2, -0.15) is 0 Å². The predicted octanol–water partition coefficient (Wildman–Crippen LogP) is 0.526. The van der Waals surface area contributed by atoms with E-state index in [0.29, 0.717) is 5.69 Å². The quantitative estimate of drug-likeness (QED) is 0.673. The van der Waals surface area contributed by atoms with Gasteiger partial charge in [-0.05, 0) is 19.1 Å². The lowest BCUT2D eigenvalue weighted by molar-refractivity contribution is -0.119. The molecule has 86 valence electrons. The molecule has 0 saturated carbocycles. The van der Waals surface area contributed by atoms with Gasteiger partial charge in [0.2, 0.25) is 5.91 Å². The molecule has 0 aliphatic carbocycles. The molecule has 16 heavy (non-hydrogen) atoms. The first kappa shape index (κ1) is 12.3. The third-order valence-electron chi connectivity index (χ3n) is 2.05. The first-order valence-electron chi connectivity index (χ1n) is 4.57. The molecular formula is C10H12ClN3O2. The van der Waals surface area contributed by atoms with Gasteiger partial charge in [-0.15, -0.1) is 0 Å². The summed E-state index contributed by atoms with van der Waals surface area (Å²) >= 11 is 5.85. The Morgan fingerprint density at radius 1 is 1.44 bits per heavy atom. The molecule has 1 rings (SSSR count). The number of nitrogen functional groups attached to an aromatic ring is 1. The van der Waals surface area contributed by atoms with Crippen molar-refractivity contribution in [1.82, 2.24) is 5.32 Å². The molecular weight excluding hydrogens is 230 g/mol. The Labute approximate surface area is 97.7 Å². The van der Waals surface area contributed by atoms with Crippen LogP contribution in [-0.2, 0) is 4.79 Å². The first-order valence-corrected chi connectivity index (χ1v) is 4.95. The highest BCUT2D eigenvalue weighted by molar-refractivity contribution is 6.36. The van der Waals surface area contributed by atoms with Crippen molar-refractivity contribution in [2.45, 2.75) is 13.0 Å². The largest absolute Gasteiger partial charge is 0.398 e. The summed E-state index contributed by atoms with van der Waals surface area (Å²) in [5.41, 5.74) is 11.1. The van der Waals surface area contributed by atoms with Crippen LogP contribution in [0.1, 0.15) is 17.3 Å². The van der Waals surface area contributed by atoms with Gasteiger partial charge in [0.1, 0.15) is 6.04 Å². The van der Waals surface area contributed by atoms with Crippen LogP contribution in [0.2, 0.25) is 5.02 Å². The number of hydrogen-bond acceptors (Lipinski definition) is 3. The summed E-state index contributed by atoms with van der Waals surface area (Å²) in [6.45, 7) is 1.49. The number of halogens is 1. The number of nitrogens with one attached hydrogen (secondary N) is 1. The topological polar surface area (TPSA) is 98.2 Å². The molecule has 5 nitrogen and oxygen atoms in total. The number of hydrogen-bond donors (Lipinski definition) is 3. The number of amides is 2. The van der Waals surface area contributed by atoms with E-state index in [1.807, 2.05) is 0 Å². The average molecular weight is 242 g/mol. The van der Waals surface area contributed by atoms with Crippen LogP contribution in [0.5, 0.6) is 0 Å². The highest BCUT2D eigenvalue weighted by Gasteiger charge is 2.16. The third-order valence-corrected chi connectivity index (χ3v) is 2.47. The van der Waals surface area contributed by atoms with Gasteiger partial charge in [-0.3, -0.25) is 9.59 Å². The monoisotopic (exact) mass is 241 g/mol. The average Bonchev–Trinajstić information content (AvgIpc) is 2.21. The van der Waals surface area contributed by atoms with Crippen LogP contribution in [-0.4, -0.2) is 17.9 Å². The molecule has 0 bridgehead atoms. The predicted molar refractivity (Wildman–Crippen MR) is 62.0 cm³/mol. The van der Waals surface area contributed by atoms with Crippen molar-refractivity contribution in [1.29, 1.82) is 0 Å². The Morgan fingerprint density at radius 2 is 2.06 bits per heavy atom. The van der Waals surface area contributed by atoms with Gasteiger partial charge in [0.15, 0.2) is 0 Å². The molecule has 1 aromatic rings. The van der Waals surface area contributed by atoms with Crippen LogP contribution in [0.4, 0.5) is 5.69 Å². The minimum atomic E-state index is -0.759. The summed E-state index contributed by atoms with van der Waals surface area (Å²) in [7, 11) is 0. The number of primary amides is 1. The zero-order chi connectivity index (χ0) is 12.3. The second-order valence-corrected chi connectivity index (χ2v) is 3.68. The van der Waals surface area contributed by atoms with Crippen molar-refractivity contribution < 1.29 is 9.59 Å². The number of anilines is 1. The lowest BCUT2D eigenvalue weighted by Gasteiger charge is -2.11. The Bertz CT molecular complexity index is 434. The van der Waals surface area contributed by atoms with Crippen LogP contribution in [0.3, 0.4) is 0 Å². The van der Waals surface area contributed by atoms with Crippen molar-refractivity contribution in [3.8, 4) is 0 Å². The molecule has 0 aliphatic heterocycles. The van der Waals surface area contributed by atoms with Gasteiger partial charge < -0.3 is 16.8 Å². The summed E-state index contributed by atoms with van der Waals surface area (Å²) in [6.07, 6.45) is 0. The van der Waals surface area contributed by atoms with E-state index in [2.05, 4.69) is 5.32 Å². The highest BCUT2D eigenvalue weighted by Crippen LogP contribution is 2.22. The summed E-state index contributed by atoms with van der Waals surface area (Å²) in [6, 6.07) is 3.94. The van der Waals surface area contributed by atoms with Gasteiger partial charge in [0.25, 0.3) is 5.91 Å². The SMILES string of the molecule is CC(NC(=O)c1cccc(N)c1Cl)C(N)=O. The number of carbonyl (C=O) groups is 2. The van der Waals surface area contributed by atoms with Gasteiger partial charge in [-0.25, -0.2) is 0 Å². The van der Waals surface area contributed by atoms with Gasteiger partial charge in [0.05, 0.1) is 16.3 Å². The van der Waals surface area contributed by atoms with Crippen LogP contribution in [0.15, 0.2) is 18.2 Å². The molecule has 0 fully saturated rings. The Morgan fingerprint density at radius 3 is 2.62 bits per heavy atom. The maximum atomic E-state index is 11.7. The van der Waals surface area contributed by atoms with E-state index in [1.54, 1.807) is 12.1 Å². The summed E-state index contributed by atoms with van der Waals surface area (Å²) in [5, 5.41) is 2.57. The van der Waals surface area contributed by atoms with E-state index in [0.717, 1.165) is 0 Å². The maximum Gasteiger partial charge on any atom is 0.253 e. The minimum absolute atomic E-state index is 0.164. The Balaban J connectivity index is 2.89. The van der Waals surface area contributed by atoms with Crippen molar-refractivity contribution in [2.24, 2.45) is 5.73 Å². The number of carbonyl (C=O) groups excluding carboxylic acids is 2. The molecule has 1 unspecified atom stereocenters. The van der Waals surface area contributed by atoms with E-state index in [4.69, 9.17) is 23.1 Å². The molecule has 0 heterocycles. The molecule has 1 aromatic carbocycles.